The minimum atomic E-state index is -0.108. The molecule has 2 unspecified atom stereocenters. The zero-order chi connectivity index (χ0) is 18.6. The number of aromatic nitrogens is 2. The fourth-order valence-electron chi connectivity index (χ4n) is 2.80. The highest BCUT2D eigenvalue weighted by Gasteiger charge is 2.28. The van der Waals surface area contributed by atoms with Gasteiger partial charge < -0.3 is 9.84 Å². The number of nitrogens with one attached hydrogen (secondary N) is 1. The first-order chi connectivity index (χ1) is 11.7. The largest absolute Gasteiger partial charge is 0.353 e. The molecular formula is C18H33N5O2. The first kappa shape index (κ1) is 19.8. The van der Waals surface area contributed by atoms with Crippen LogP contribution >= 0.6 is 0 Å². The Morgan fingerprint density at radius 3 is 2.40 bits per heavy atom. The second-order valence-corrected chi connectivity index (χ2v) is 8.07. The van der Waals surface area contributed by atoms with Crippen molar-refractivity contribution in [3.8, 4) is 0 Å². The predicted molar refractivity (Wildman–Crippen MR) is 97.3 cm³/mol. The fourth-order valence-corrected chi connectivity index (χ4v) is 2.80. The van der Waals surface area contributed by atoms with E-state index in [4.69, 9.17) is 4.52 Å². The van der Waals surface area contributed by atoms with E-state index in [2.05, 4.69) is 59.9 Å². The van der Waals surface area contributed by atoms with Gasteiger partial charge in [-0.05, 0) is 20.3 Å². The van der Waals surface area contributed by atoms with E-state index in [9.17, 15) is 4.79 Å². The Morgan fingerprint density at radius 1 is 1.24 bits per heavy atom. The van der Waals surface area contributed by atoms with E-state index >= 15 is 0 Å². The van der Waals surface area contributed by atoms with Crippen molar-refractivity contribution in [2.75, 3.05) is 32.7 Å². The van der Waals surface area contributed by atoms with E-state index in [0.29, 0.717) is 12.4 Å². The summed E-state index contributed by atoms with van der Waals surface area (Å²) in [5.74, 6) is 1.53. The fraction of sp³-hybridized carbons (Fsp3) is 0.833. The van der Waals surface area contributed by atoms with E-state index in [1.165, 1.54) is 0 Å². The average molecular weight is 351 g/mol. The molecule has 0 aliphatic carbocycles. The number of carbonyl (C=O) groups excluding carboxylic acids is 1. The summed E-state index contributed by atoms with van der Waals surface area (Å²) in [7, 11) is 0. The zero-order valence-electron chi connectivity index (χ0n) is 16.5. The van der Waals surface area contributed by atoms with Gasteiger partial charge in [-0.1, -0.05) is 32.9 Å². The topological polar surface area (TPSA) is 74.5 Å². The second-order valence-electron chi connectivity index (χ2n) is 8.07. The molecule has 0 bridgehead atoms. The number of piperazine rings is 1. The maximum Gasteiger partial charge on any atom is 0.243 e. The van der Waals surface area contributed by atoms with Gasteiger partial charge >= 0.3 is 0 Å². The Kier molecular flexibility index (Phi) is 6.57. The van der Waals surface area contributed by atoms with Gasteiger partial charge in [-0.25, -0.2) is 0 Å². The van der Waals surface area contributed by atoms with Gasteiger partial charge in [0.05, 0.1) is 12.6 Å². The molecule has 1 N–H and O–H groups in total. The molecule has 2 heterocycles. The van der Waals surface area contributed by atoms with Gasteiger partial charge in [0.25, 0.3) is 0 Å². The van der Waals surface area contributed by atoms with Crippen LogP contribution in [0.4, 0.5) is 0 Å². The molecular weight excluding hydrogens is 318 g/mol. The van der Waals surface area contributed by atoms with E-state index in [-0.39, 0.29) is 23.4 Å². The van der Waals surface area contributed by atoms with Crippen molar-refractivity contribution in [3.05, 3.63) is 11.7 Å². The molecule has 1 fully saturated rings. The lowest BCUT2D eigenvalue weighted by atomic mass is 9.96. The van der Waals surface area contributed by atoms with Crippen molar-refractivity contribution in [2.45, 2.75) is 65.5 Å². The van der Waals surface area contributed by atoms with E-state index in [1.807, 2.05) is 6.92 Å². The van der Waals surface area contributed by atoms with Gasteiger partial charge in [-0.2, -0.15) is 4.98 Å². The van der Waals surface area contributed by atoms with E-state index in [0.717, 1.165) is 38.4 Å². The van der Waals surface area contributed by atoms with Crippen molar-refractivity contribution in [3.63, 3.8) is 0 Å². The smallest absolute Gasteiger partial charge is 0.243 e. The number of rotatable bonds is 6. The average Bonchev–Trinajstić information content (AvgIpc) is 3.05. The molecule has 0 aromatic carbocycles. The molecule has 25 heavy (non-hydrogen) atoms. The van der Waals surface area contributed by atoms with Crippen LogP contribution < -0.4 is 5.32 Å². The van der Waals surface area contributed by atoms with Gasteiger partial charge in [0.2, 0.25) is 11.8 Å². The van der Waals surface area contributed by atoms with Crippen molar-refractivity contribution >= 4 is 5.91 Å². The molecule has 142 valence electrons. The normalized spacial score (nSPS) is 19.6. The lowest BCUT2D eigenvalue weighted by Crippen LogP contribution is -2.50. The number of carbonyl (C=O) groups is 1. The summed E-state index contributed by atoms with van der Waals surface area (Å²) in [6, 6.07) is 0.336. The zero-order valence-corrected chi connectivity index (χ0v) is 16.5. The molecule has 1 amide bonds. The van der Waals surface area contributed by atoms with Crippen LogP contribution in [0.3, 0.4) is 0 Å². The molecule has 1 aliphatic rings. The van der Waals surface area contributed by atoms with Crippen LogP contribution in [0.15, 0.2) is 4.52 Å². The maximum atomic E-state index is 12.0. The molecule has 1 aliphatic heterocycles. The van der Waals surface area contributed by atoms with Crippen LogP contribution in [-0.4, -0.2) is 64.6 Å². The summed E-state index contributed by atoms with van der Waals surface area (Å²) < 4.78 is 5.47. The van der Waals surface area contributed by atoms with Crippen LogP contribution in [0, 0.1) is 0 Å². The maximum absolute atomic E-state index is 12.0. The highest BCUT2D eigenvalue weighted by molar-refractivity contribution is 5.78. The minimum Gasteiger partial charge on any atom is -0.353 e. The molecule has 7 nitrogen and oxygen atoms in total. The SMILES string of the molecule is CCC(C)NC(=O)CN1CCN(C(C)c2nc(C(C)(C)C)no2)CC1. The van der Waals surface area contributed by atoms with Crippen molar-refractivity contribution < 1.29 is 9.32 Å². The monoisotopic (exact) mass is 351 g/mol. The van der Waals surface area contributed by atoms with Crippen LogP contribution in [-0.2, 0) is 10.2 Å². The molecule has 2 atom stereocenters. The Labute approximate surface area is 151 Å². The summed E-state index contributed by atoms with van der Waals surface area (Å²) in [5.41, 5.74) is -0.108. The second kappa shape index (κ2) is 8.27. The predicted octanol–water partition coefficient (Wildman–Crippen LogP) is 1.96. The third-order valence-electron chi connectivity index (χ3n) is 4.81. The van der Waals surface area contributed by atoms with Gasteiger partial charge in [0.15, 0.2) is 5.82 Å². The molecule has 1 aromatic heterocycles. The third-order valence-corrected chi connectivity index (χ3v) is 4.81. The minimum absolute atomic E-state index is 0.0969. The van der Waals surface area contributed by atoms with Crippen molar-refractivity contribution in [1.29, 1.82) is 0 Å². The van der Waals surface area contributed by atoms with Gasteiger partial charge in [-0.3, -0.25) is 14.6 Å². The molecule has 1 aromatic rings. The summed E-state index contributed by atoms with van der Waals surface area (Å²) in [6.45, 7) is 16.5. The third kappa shape index (κ3) is 5.51. The molecule has 1 saturated heterocycles. The number of hydrogen-bond donors (Lipinski definition) is 1. The number of amides is 1. The summed E-state index contributed by atoms with van der Waals surface area (Å²) in [5, 5.41) is 7.14. The molecule has 2 rings (SSSR count). The van der Waals surface area contributed by atoms with Crippen molar-refractivity contribution in [1.82, 2.24) is 25.3 Å². The molecule has 0 spiro atoms. The molecule has 0 radical (unpaired) electrons. The summed E-state index contributed by atoms with van der Waals surface area (Å²) in [6.07, 6.45) is 0.956. The first-order valence-corrected chi connectivity index (χ1v) is 9.30. The van der Waals surface area contributed by atoms with E-state index < -0.39 is 0 Å². The Hall–Kier alpha value is -1.47. The van der Waals surface area contributed by atoms with Crippen molar-refractivity contribution in [2.24, 2.45) is 0 Å². The Bertz CT molecular complexity index is 558. The van der Waals surface area contributed by atoms with Crippen LogP contribution in [0.25, 0.3) is 0 Å². The Balaban J connectivity index is 1.83. The van der Waals surface area contributed by atoms with Gasteiger partial charge in [-0.15, -0.1) is 0 Å². The number of nitrogens with zero attached hydrogens (tertiary/aromatic N) is 4. The summed E-state index contributed by atoms with van der Waals surface area (Å²) in [4.78, 5) is 21.1. The van der Waals surface area contributed by atoms with Crippen LogP contribution in [0.2, 0.25) is 0 Å². The first-order valence-electron chi connectivity index (χ1n) is 9.30. The van der Waals surface area contributed by atoms with Gasteiger partial charge in [0, 0.05) is 37.6 Å². The highest BCUT2D eigenvalue weighted by atomic mass is 16.5. The quantitative estimate of drug-likeness (QED) is 0.844. The van der Waals surface area contributed by atoms with Gasteiger partial charge in [0.1, 0.15) is 0 Å². The number of hydrogen-bond acceptors (Lipinski definition) is 6. The molecule has 7 heteroatoms. The summed E-state index contributed by atoms with van der Waals surface area (Å²) >= 11 is 0. The van der Waals surface area contributed by atoms with Crippen LogP contribution in [0.5, 0.6) is 0 Å². The highest BCUT2D eigenvalue weighted by Crippen LogP contribution is 2.24. The van der Waals surface area contributed by atoms with E-state index in [1.54, 1.807) is 0 Å². The lowest BCUT2D eigenvalue weighted by Gasteiger charge is -2.36. The standard InChI is InChI=1S/C18H33N5O2/c1-7-13(2)19-15(24)12-22-8-10-23(11-9-22)14(3)16-20-17(21-25-16)18(4,5)6/h13-14H,7-12H2,1-6H3,(H,19,24). The molecule has 0 saturated carbocycles. The van der Waals surface area contributed by atoms with Crippen LogP contribution in [0.1, 0.15) is 65.7 Å². The lowest BCUT2D eigenvalue weighted by molar-refractivity contribution is -0.123. The Morgan fingerprint density at radius 2 is 1.88 bits per heavy atom.